The van der Waals surface area contributed by atoms with Crippen molar-refractivity contribution in [2.45, 2.75) is 0 Å². The molecule has 1 aliphatic rings. The van der Waals surface area contributed by atoms with Crippen molar-refractivity contribution in [1.82, 2.24) is 0 Å². The summed E-state index contributed by atoms with van der Waals surface area (Å²) in [5.41, 5.74) is 1.32. The molecule has 0 spiro atoms. The molecule has 4 nitrogen and oxygen atoms in total. The first-order chi connectivity index (χ1) is 11.1. The van der Waals surface area contributed by atoms with Gasteiger partial charge in [0.2, 0.25) is 0 Å². The van der Waals surface area contributed by atoms with Crippen LogP contribution in [-0.2, 0) is 4.79 Å². The third kappa shape index (κ3) is 3.18. The fraction of sp³-hybridized carbons (Fsp3) is 0. The lowest BCUT2D eigenvalue weighted by molar-refractivity contribution is -0.255. The Morgan fingerprint density at radius 1 is 1.13 bits per heavy atom. The second-order valence-corrected chi connectivity index (χ2v) is 6.44. The zero-order valence-electron chi connectivity index (χ0n) is 11.8. The fourth-order valence-corrected chi connectivity index (χ4v) is 3.46. The number of hydrogen-bond donors (Lipinski definition) is 0. The van der Waals surface area contributed by atoms with Gasteiger partial charge >= 0.3 is 0 Å². The molecule has 0 N–H and O–H groups in total. The predicted molar refractivity (Wildman–Crippen MR) is 92.9 cm³/mol. The first-order valence-electron chi connectivity index (χ1n) is 6.70. The van der Waals surface area contributed by atoms with E-state index in [1.165, 1.54) is 28.8 Å². The number of thioether (sulfide) groups is 1. The van der Waals surface area contributed by atoms with Crippen LogP contribution in [-0.4, -0.2) is 16.2 Å². The van der Waals surface area contributed by atoms with Crippen molar-refractivity contribution >= 4 is 51.9 Å². The SMILES string of the molecule is O=C([O-])c1cccc(N2C(=O)C(=Cc3ccccc3)SC2=S)c1. The lowest BCUT2D eigenvalue weighted by Gasteiger charge is -2.15. The molecule has 0 atom stereocenters. The smallest absolute Gasteiger partial charge is 0.270 e. The zero-order chi connectivity index (χ0) is 16.4. The molecule has 1 aliphatic heterocycles. The van der Waals surface area contributed by atoms with E-state index < -0.39 is 5.97 Å². The van der Waals surface area contributed by atoms with Crippen LogP contribution in [0, 0.1) is 0 Å². The number of nitrogens with zero attached hydrogens (tertiary/aromatic N) is 1. The van der Waals surface area contributed by atoms with E-state index in [0.717, 1.165) is 5.56 Å². The van der Waals surface area contributed by atoms with E-state index in [1.54, 1.807) is 18.2 Å². The van der Waals surface area contributed by atoms with Crippen molar-refractivity contribution in [1.29, 1.82) is 0 Å². The number of carboxylic acids is 1. The molecule has 1 heterocycles. The predicted octanol–water partition coefficient (Wildman–Crippen LogP) is 2.46. The van der Waals surface area contributed by atoms with Gasteiger partial charge in [-0.2, -0.15) is 0 Å². The van der Waals surface area contributed by atoms with Crippen LogP contribution in [0.5, 0.6) is 0 Å². The minimum atomic E-state index is -1.29. The number of carbonyl (C=O) groups excluding carboxylic acids is 2. The monoisotopic (exact) mass is 340 g/mol. The second-order valence-electron chi connectivity index (χ2n) is 4.77. The maximum atomic E-state index is 12.6. The van der Waals surface area contributed by atoms with Crippen molar-refractivity contribution < 1.29 is 14.7 Å². The van der Waals surface area contributed by atoms with E-state index in [2.05, 4.69) is 0 Å². The highest BCUT2D eigenvalue weighted by atomic mass is 32.2. The number of carboxylic acid groups (broad SMARTS) is 1. The third-order valence-corrected chi connectivity index (χ3v) is 4.53. The zero-order valence-corrected chi connectivity index (χ0v) is 13.4. The maximum Gasteiger partial charge on any atom is 0.270 e. The van der Waals surface area contributed by atoms with E-state index in [0.29, 0.717) is 14.9 Å². The minimum Gasteiger partial charge on any atom is -0.545 e. The Morgan fingerprint density at radius 2 is 1.87 bits per heavy atom. The summed E-state index contributed by atoms with van der Waals surface area (Å²) in [6.45, 7) is 0. The standard InChI is InChI=1S/C17H11NO3S2/c19-15-14(9-11-5-2-1-3-6-11)23-17(22)18(15)13-8-4-7-12(10-13)16(20)21/h1-10H,(H,20,21)/p-1. The highest BCUT2D eigenvalue weighted by molar-refractivity contribution is 8.27. The fourth-order valence-electron chi connectivity index (χ4n) is 2.16. The Kier molecular flexibility index (Phi) is 4.27. The van der Waals surface area contributed by atoms with Crippen LogP contribution in [0.25, 0.3) is 6.08 Å². The number of rotatable bonds is 3. The Hall–Kier alpha value is -2.44. The highest BCUT2D eigenvalue weighted by Crippen LogP contribution is 2.36. The summed E-state index contributed by atoms with van der Waals surface area (Å²) >= 11 is 6.46. The van der Waals surface area contributed by atoms with Crippen LogP contribution >= 0.6 is 24.0 Å². The topological polar surface area (TPSA) is 60.4 Å². The molecule has 0 unspecified atom stereocenters. The van der Waals surface area contributed by atoms with Gasteiger partial charge in [-0.15, -0.1) is 0 Å². The molecule has 1 fully saturated rings. The first kappa shape index (κ1) is 15.5. The van der Waals surface area contributed by atoms with E-state index in [1.807, 2.05) is 30.3 Å². The summed E-state index contributed by atoms with van der Waals surface area (Å²) in [6.07, 6.45) is 1.77. The molecule has 1 amide bonds. The molecular weight excluding hydrogens is 330 g/mol. The molecule has 3 rings (SSSR count). The van der Waals surface area contributed by atoms with Gasteiger partial charge in [-0.05, 0) is 29.3 Å². The van der Waals surface area contributed by atoms with Crippen LogP contribution in [0.15, 0.2) is 59.5 Å². The Balaban J connectivity index is 1.95. The Labute approximate surface area is 142 Å². The molecule has 0 saturated carbocycles. The molecule has 0 radical (unpaired) electrons. The van der Waals surface area contributed by atoms with Crippen LogP contribution < -0.4 is 10.0 Å². The van der Waals surface area contributed by atoms with Gasteiger partial charge in [0.15, 0.2) is 4.32 Å². The average molecular weight is 340 g/mol. The summed E-state index contributed by atoms with van der Waals surface area (Å²) in [5.74, 6) is -1.56. The lowest BCUT2D eigenvalue weighted by atomic mass is 10.2. The summed E-state index contributed by atoms with van der Waals surface area (Å²) in [6, 6.07) is 15.4. The molecule has 2 aromatic rings. The summed E-state index contributed by atoms with van der Waals surface area (Å²) in [5, 5.41) is 11.0. The molecular formula is C17H10NO3S2-. The van der Waals surface area contributed by atoms with Crippen molar-refractivity contribution in [2.24, 2.45) is 0 Å². The van der Waals surface area contributed by atoms with Crippen LogP contribution in [0.4, 0.5) is 5.69 Å². The molecule has 23 heavy (non-hydrogen) atoms. The quantitative estimate of drug-likeness (QED) is 0.634. The summed E-state index contributed by atoms with van der Waals surface area (Å²) in [4.78, 5) is 25.4. The van der Waals surface area contributed by atoms with Gasteiger partial charge in [0.05, 0.1) is 16.6 Å². The van der Waals surface area contributed by atoms with Gasteiger partial charge in [-0.25, -0.2) is 0 Å². The molecule has 0 aliphatic carbocycles. The molecule has 6 heteroatoms. The number of anilines is 1. The van der Waals surface area contributed by atoms with Crippen molar-refractivity contribution in [3.63, 3.8) is 0 Å². The normalized spacial score (nSPS) is 16.2. The van der Waals surface area contributed by atoms with Crippen molar-refractivity contribution in [3.05, 3.63) is 70.6 Å². The van der Waals surface area contributed by atoms with Crippen LogP contribution in [0.2, 0.25) is 0 Å². The van der Waals surface area contributed by atoms with Crippen LogP contribution in [0.3, 0.4) is 0 Å². The number of benzene rings is 2. The Morgan fingerprint density at radius 3 is 2.57 bits per heavy atom. The second kappa shape index (κ2) is 6.36. The maximum absolute atomic E-state index is 12.6. The van der Waals surface area contributed by atoms with Gasteiger partial charge in [0.1, 0.15) is 0 Å². The summed E-state index contributed by atoms with van der Waals surface area (Å²) < 4.78 is 0.368. The average Bonchev–Trinajstić information content (AvgIpc) is 2.82. The van der Waals surface area contributed by atoms with E-state index in [4.69, 9.17) is 12.2 Å². The molecule has 0 aromatic heterocycles. The summed E-state index contributed by atoms with van der Waals surface area (Å²) in [7, 11) is 0. The van der Waals surface area contributed by atoms with Crippen LogP contribution in [0.1, 0.15) is 15.9 Å². The van der Waals surface area contributed by atoms with Gasteiger partial charge in [-0.3, -0.25) is 9.69 Å². The van der Waals surface area contributed by atoms with Gasteiger partial charge < -0.3 is 9.90 Å². The number of aromatic carboxylic acids is 1. The van der Waals surface area contributed by atoms with Gasteiger partial charge in [-0.1, -0.05) is 66.4 Å². The molecule has 114 valence electrons. The molecule has 1 saturated heterocycles. The number of thiocarbonyl (C=S) groups is 1. The van der Waals surface area contributed by atoms with E-state index >= 15 is 0 Å². The van der Waals surface area contributed by atoms with Crippen molar-refractivity contribution in [3.8, 4) is 0 Å². The van der Waals surface area contributed by atoms with Gasteiger partial charge in [0, 0.05) is 0 Å². The lowest BCUT2D eigenvalue weighted by Crippen LogP contribution is -2.28. The minimum absolute atomic E-state index is 0.00332. The highest BCUT2D eigenvalue weighted by Gasteiger charge is 2.33. The molecule has 2 aromatic carbocycles. The number of carbonyl (C=O) groups is 2. The third-order valence-electron chi connectivity index (χ3n) is 3.23. The van der Waals surface area contributed by atoms with E-state index in [-0.39, 0.29) is 11.5 Å². The largest absolute Gasteiger partial charge is 0.545 e. The van der Waals surface area contributed by atoms with Crippen molar-refractivity contribution in [2.75, 3.05) is 4.90 Å². The Bertz CT molecular complexity index is 831. The first-order valence-corrected chi connectivity index (χ1v) is 7.93. The van der Waals surface area contributed by atoms with Gasteiger partial charge in [0.25, 0.3) is 5.91 Å². The number of amides is 1. The molecule has 0 bridgehead atoms. The van der Waals surface area contributed by atoms with E-state index in [9.17, 15) is 14.7 Å². The number of hydrogen-bond acceptors (Lipinski definition) is 5.